The molecular weight excluding hydrogens is 699 g/mol. The standard InChI is InChI=1S/C57H41N/c1-3-17-39(18-4-1)53-32-33-54(40-19-5-2-6-20-40)58(53)42-29-31-49-50(37-42)55(41-28-30-45-44-23-11-12-27-51(44)57(52(45)36-41)34-13-14-35-57)47-24-9-10-25-48(47)56(49)46-26-15-21-38-16-7-8-22-43(38)46/h1-12,15-33,36-37H,13-14,34-35H2. The van der Waals surface area contributed by atoms with E-state index in [0.717, 1.165) is 5.69 Å². The van der Waals surface area contributed by atoms with Crippen molar-refractivity contribution in [1.82, 2.24) is 4.57 Å². The Morgan fingerprint density at radius 3 is 1.66 bits per heavy atom. The minimum atomic E-state index is 0.0852. The highest BCUT2D eigenvalue weighted by Gasteiger charge is 2.45. The predicted molar refractivity (Wildman–Crippen MR) is 245 cm³/mol. The fourth-order valence-corrected chi connectivity index (χ4v) is 10.9. The molecule has 0 N–H and O–H groups in total. The zero-order valence-corrected chi connectivity index (χ0v) is 32.3. The number of rotatable bonds is 5. The molecule has 9 aromatic carbocycles. The number of benzene rings is 9. The number of hydrogen-bond acceptors (Lipinski definition) is 0. The first-order valence-corrected chi connectivity index (χ1v) is 20.8. The van der Waals surface area contributed by atoms with E-state index < -0.39 is 0 Å². The van der Waals surface area contributed by atoms with Crippen LogP contribution in [-0.2, 0) is 5.41 Å². The lowest BCUT2D eigenvalue weighted by atomic mass is 9.76. The van der Waals surface area contributed by atoms with Crippen molar-refractivity contribution in [1.29, 1.82) is 0 Å². The number of hydrogen-bond donors (Lipinski definition) is 0. The molecule has 1 spiro atoms. The summed E-state index contributed by atoms with van der Waals surface area (Å²) >= 11 is 0. The highest BCUT2D eigenvalue weighted by Crippen LogP contribution is 2.58. The average molecular weight is 740 g/mol. The Labute approximate surface area is 339 Å². The van der Waals surface area contributed by atoms with Gasteiger partial charge in [0.15, 0.2) is 0 Å². The van der Waals surface area contributed by atoms with Crippen LogP contribution < -0.4 is 0 Å². The Kier molecular flexibility index (Phi) is 7.47. The van der Waals surface area contributed by atoms with E-state index in [2.05, 4.69) is 205 Å². The van der Waals surface area contributed by atoms with Gasteiger partial charge in [-0.15, -0.1) is 0 Å². The molecule has 0 bridgehead atoms. The zero-order valence-electron chi connectivity index (χ0n) is 32.3. The molecule has 0 saturated heterocycles. The molecular formula is C57H41N. The third-order valence-corrected chi connectivity index (χ3v) is 13.4. The first-order valence-electron chi connectivity index (χ1n) is 20.8. The molecule has 10 aromatic rings. The van der Waals surface area contributed by atoms with E-state index in [1.54, 1.807) is 0 Å². The van der Waals surface area contributed by atoms with Crippen LogP contribution in [0.15, 0.2) is 200 Å². The zero-order chi connectivity index (χ0) is 38.2. The summed E-state index contributed by atoms with van der Waals surface area (Å²) in [5, 5.41) is 7.62. The molecule has 1 heterocycles. The minimum Gasteiger partial charge on any atom is -0.309 e. The SMILES string of the molecule is c1ccc(-c2ccc(-c3ccccc3)n2-c2ccc3c(-c4cccc5ccccc45)c4ccccc4c(-c4ccc5c(c4)C4(CCCC4)c4ccccc4-5)c3c2)cc1. The Bertz CT molecular complexity index is 3150. The first-order chi connectivity index (χ1) is 28.8. The van der Waals surface area contributed by atoms with E-state index in [-0.39, 0.29) is 5.41 Å². The van der Waals surface area contributed by atoms with Crippen LogP contribution in [0.1, 0.15) is 36.8 Å². The maximum absolute atomic E-state index is 2.59. The van der Waals surface area contributed by atoms with Crippen LogP contribution in [0, 0.1) is 0 Å². The van der Waals surface area contributed by atoms with Gasteiger partial charge in [0.1, 0.15) is 0 Å². The summed E-state index contributed by atoms with van der Waals surface area (Å²) in [7, 11) is 0. The second kappa shape index (κ2) is 13.0. The van der Waals surface area contributed by atoms with Gasteiger partial charge in [-0.2, -0.15) is 0 Å². The average Bonchev–Trinajstić information content (AvgIpc) is 4.04. The van der Waals surface area contributed by atoms with E-state index in [9.17, 15) is 0 Å². The van der Waals surface area contributed by atoms with Gasteiger partial charge in [-0.25, -0.2) is 0 Å². The minimum absolute atomic E-state index is 0.0852. The van der Waals surface area contributed by atoms with Gasteiger partial charge >= 0.3 is 0 Å². The maximum Gasteiger partial charge on any atom is 0.0535 e. The molecule has 1 heteroatoms. The van der Waals surface area contributed by atoms with Gasteiger partial charge in [-0.05, 0) is 131 Å². The van der Waals surface area contributed by atoms with Gasteiger partial charge in [-0.3, -0.25) is 0 Å². The summed E-state index contributed by atoms with van der Waals surface area (Å²) in [5.74, 6) is 0. The van der Waals surface area contributed by atoms with Crippen LogP contribution in [-0.4, -0.2) is 4.57 Å². The van der Waals surface area contributed by atoms with Gasteiger partial charge < -0.3 is 4.57 Å². The quantitative estimate of drug-likeness (QED) is 0.155. The predicted octanol–water partition coefficient (Wildman–Crippen LogP) is 15.4. The fourth-order valence-electron chi connectivity index (χ4n) is 10.9. The molecule has 12 rings (SSSR count). The highest BCUT2D eigenvalue weighted by atomic mass is 15.0. The molecule has 0 aliphatic heterocycles. The highest BCUT2D eigenvalue weighted by molar-refractivity contribution is 6.24. The summed E-state index contributed by atoms with van der Waals surface area (Å²) < 4.78 is 2.47. The summed E-state index contributed by atoms with van der Waals surface area (Å²) in [6.07, 6.45) is 4.98. The van der Waals surface area contributed by atoms with Gasteiger partial charge in [0.25, 0.3) is 0 Å². The molecule has 2 aliphatic carbocycles. The number of aromatic nitrogens is 1. The summed E-state index contributed by atoms with van der Waals surface area (Å²) in [6, 6.07) is 74.9. The van der Waals surface area contributed by atoms with Crippen LogP contribution in [0.4, 0.5) is 0 Å². The molecule has 1 nitrogen and oxygen atoms in total. The van der Waals surface area contributed by atoms with Crippen LogP contribution >= 0.6 is 0 Å². The summed E-state index contributed by atoms with van der Waals surface area (Å²) in [6.45, 7) is 0. The molecule has 1 fully saturated rings. The van der Waals surface area contributed by atoms with Gasteiger partial charge in [-0.1, -0.05) is 183 Å². The molecule has 0 radical (unpaired) electrons. The summed E-state index contributed by atoms with van der Waals surface area (Å²) in [5.41, 5.74) is 17.0. The van der Waals surface area contributed by atoms with Gasteiger partial charge in [0.2, 0.25) is 0 Å². The van der Waals surface area contributed by atoms with Gasteiger partial charge in [0, 0.05) is 11.1 Å². The third-order valence-electron chi connectivity index (χ3n) is 13.4. The monoisotopic (exact) mass is 739 g/mol. The van der Waals surface area contributed by atoms with E-state index in [1.807, 2.05) is 0 Å². The first kappa shape index (κ1) is 33.2. The largest absolute Gasteiger partial charge is 0.309 e. The van der Waals surface area contributed by atoms with E-state index in [1.165, 1.54) is 125 Å². The molecule has 274 valence electrons. The van der Waals surface area contributed by atoms with Crippen molar-refractivity contribution >= 4 is 32.3 Å². The Hall–Kier alpha value is -6.96. The molecule has 1 aromatic heterocycles. The Morgan fingerprint density at radius 2 is 0.914 bits per heavy atom. The van der Waals surface area contributed by atoms with Crippen molar-refractivity contribution in [3.8, 4) is 61.6 Å². The lowest BCUT2D eigenvalue weighted by molar-refractivity contribution is 0.550. The van der Waals surface area contributed by atoms with Crippen molar-refractivity contribution in [2.24, 2.45) is 0 Å². The van der Waals surface area contributed by atoms with Crippen molar-refractivity contribution in [3.05, 3.63) is 211 Å². The molecule has 2 aliphatic rings. The van der Waals surface area contributed by atoms with E-state index >= 15 is 0 Å². The fraction of sp³-hybridized carbons (Fsp3) is 0.0877. The Balaban J connectivity index is 1.20. The van der Waals surface area contributed by atoms with E-state index in [0.29, 0.717) is 0 Å². The van der Waals surface area contributed by atoms with Crippen molar-refractivity contribution in [2.45, 2.75) is 31.1 Å². The van der Waals surface area contributed by atoms with Crippen LogP contribution in [0.2, 0.25) is 0 Å². The van der Waals surface area contributed by atoms with E-state index in [4.69, 9.17) is 0 Å². The number of fused-ring (bicyclic) bond motifs is 8. The molecule has 0 amide bonds. The maximum atomic E-state index is 2.59. The molecule has 1 saturated carbocycles. The van der Waals surface area contributed by atoms with Crippen molar-refractivity contribution in [3.63, 3.8) is 0 Å². The molecule has 0 atom stereocenters. The normalized spacial score (nSPS) is 14.1. The second-order valence-corrected chi connectivity index (χ2v) is 16.3. The van der Waals surface area contributed by atoms with Crippen molar-refractivity contribution in [2.75, 3.05) is 0 Å². The lowest BCUT2D eigenvalue weighted by Crippen LogP contribution is -2.20. The lowest BCUT2D eigenvalue weighted by Gasteiger charge is -2.27. The Morgan fingerprint density at radius 1 is 0.345 bits per heavy atom. The van der Waals surface area contributed by atoms with Crippen molar-refractivity contribution < 1.29 is 0 Å². The van der Waals surface area contributed by atoms with Crippen LogP contribution in [0.25, 0.3) is 93.9 Å². The van der Waals surface area contributed by atoms with Crippen LogP contribution in [0.5, 0.6) is 0 Å². The molecule has 0 unspecified atom stereocenters. The summed E-state index contributed by atoms with van der Waals surface area (Å²) in [4.78, 5) is 0. The third kappa shape index (κ3) is 4.90. The molecule has 58 heavy (non-hydrogen) atoms. The van der Waals surface area contributed by atoms with Gasteiger partial charge in [0.05, 0.1) is 11.4 Å². The number of nitrogens with zero attached hydrogens (tertiary/aromatic N) is 1. The van der Waals surface area contributed by atoms with Crippen LogP contribution in [0.3, 0.4) is 0 Å². The second-order valence-electron chi connectivity index (χ2n) is 16.3. The smallest absolute Gasteiger partial charge is 0.0535 e. The topological polar surface area (TPSA) is 4.93 Å².